The fraction of sp³-hybridized carbons (Fsp3) is 0.632. The van der Waals surface area contributed by atoms with E-state index in [-0.39, 0.29) is 40.6 Å². The van der Waals surface area contributed by atoms with E-state index in [2.05, 4.69) is 11.7 Å². The van der Waals surface area contributed by atoms with Gasteiger partial charge in [-0.2, -0.15) is 13.1 Å². The molecule has 0 aliphatic carbocycles. The van der Waals surface area contributed by atoms with Gasteiger partial charge in [-0.25, -0.2) is 8.42 Å². The highest BCUT2D eigenvalue weighted by Gasteiger charge is 2.34. The van der Waals surface area contributed by atoms with Gasteiger partial charge >= 0.3 is 6.61 Å². The van der Waals surface area contributed by atoms with Crippen molar-refractivity contribution in [2.24, 2.45) is 11.8 Å². The third-order valence-electron chi connectivity index (χ3n) is 5.66. The van der Waals surface area contributed by atoms with Gasteiger partial charge in [-0.3, -0.25) is 4.79 Å². The van der Waals surface area contributed by atoms with Gasteiger partial charge in [0, 0.05) is 32.1 Å². The Kier molecular flexibility index (Phi) is 7.01. The Balaban J connectivity index is 1.62. The topological polar surface area (TPSA) is 66.9 Å². The van der Waals surface area contributed by atoms with Crippen molar-refractivity contribution < 1.29 is 26.7 Å². The minimum absolute atomic E-state index is 0.0843. The molecule has 6 nitrogen and oxygen atoms in total. The maximum atomic E-state index is 12.9. The fourth-order valence-electron chi connectivity index (χ4n) is 3.81. The molecular weight excluding hydrogens is 426 g/mol. The van der Waals surface area contributed by atoms with Crippen LogP contribution in [0.3, 0.4) is 0 Å². The van der Waals surface area contributed by atoms with E-state index in [1.165, 1.54) is 10.4 Å². The number of amides is 1. The Morgan fingerprint density at radius 2 is 1.76 bits per heavy atom. The molecule has 0 bridgehead atoms. The van der Waals surface area contributed by atoms with Crippen LogP contribution < -0.4 is 4.74 Å². The summed E-state index contributed by atoms with van der Waals surface area (Å²) >= 11 is 5.89. The van der Waals surface area contributed by atoms with E-state index in [0.29, 0.717) is 18.8 Å². The summed E-state index contributed by atoms with van der Waals surface area (Å²) in [6.07, 6.45) is 2.94. The quantitative estimate of drug-likeness (QED) is 0.687. The number of rotatable bonds is 5. The predicted octanol–water partition coefficient (Wildman–Crippen LogP) is 3.60. The average molecular weight is 451 g/mol. The number of ether oxygens (including phenoxy) is 1. The molecule has 0 radical (unpaired) electrons. The SMILES string of the molecule is CC1CCN(C(=O)C2CCN(S(=O)(=O)c3ccc(OC(F)F)c(Cl)c3)CC2)CC1. The van der Waals surface area contributed by atoms with E-state index in [0.717, 1.165) is 38.1 Å². The van der Waals surface area contributed by atoms with Crippen molar-refractivity contribution >= 4 is 27.5 Å². The molecule has 162 valence electrons. The zero-order valence-corrected chi connectivity index (χ0v) is 17.8. The van der Waals surface area contributed by atoms with Crippen molar-refractivity contribution in [2.45, 2.75) is 44.1 Å². The van der Waals surface area contributed by atoms with Gasteiger partial charge in [0.2, 0.25) is 15.9 Å². The molecule has 0 saturated carbocycles. The molecule has 0 aromatic heterocycles. The van der Waals surface area contributed by atoms with Crippen molar-refractivity contribution in [3.05, 3.63) is 23.2 Å². The number of carbonyl (C=O) groups excluding carboxylic acids is 1. The number of likely N-dealkylation sites (tertiary alicyclic amines) is 1. The molecule has 2 fully saturated rings. The Hall–Kier alpha value is -1.45. The second-order valence-corrected chi connectivity index (χ2v) is 10.0. The van der Waals surface area contributed by atoms with E-state index in [4.69, 9.17) is 11.6 Å². The van der Waals surface area contributed by atoms with Crippen LogP contribution in [0.2, 0.25) is 5.02 Å². The summed E-state index contributed by atoms with van der Waals surface area (Å²) in [7, 11) is -3.83. The van der Waals surface area contributed by atoms with Gasteiger partial charge in [0.05, 0.1) is 9.92 Å². The molecule has 1 aromatic rings. The maximum Gasteiger partial charge on any atom is 0.387 e. The smallest absolute Gasteiger partial charge is 0.387 e. The summed E-state index contributed by atoms with van der Waals surface area (Å²) in [6.45, 7) is 1.14. The molecule has 1 amide bonds. The van der Waals surface area contributed by atoms with Gasteiger partial charge in [0.25, 0.3) is 0 Å². The largest absolute Gasteiger partial charge is 0.433 e. The zero-order chi connectivity index (χ0) is 21.2. The summed E-state index contributed by atoms with van der Waals surface area (Å²) in [5.74, 6) is 0.307. The van der Waals surface area contributed by atoms with Crippen LogP contribution in [0, 0.1) is 11.8 Å². The van der Waals surface area contributed by atoms with Gasteiger partial charge in [0.1, 0.15) is 5.75 Å². The summed E-state index contributed by atoms with van der Waals surface area (Å²) < 4.78 is 56.0. The van der Waals surface area contributed by atoms with E-state index < -0.39 is 16.6 Å². The van der Waals surface area contributed by atoms with Gasteiger partial charge in [0.15, 0.2) is 0 Å². The van der Waals surface area contributed by atoms with Crippen LogP contribution >= 0.6 is 11.6 Å². The molecule has 0 N–H and O–H groups in total. The number of alkyl halides is 2. The molecule has 3 rings (SSSR count). The molecule has 10 heteroatoms. The third-order valence-corrected chi connectivity index (χ3v) is 7.85. The van der Waals surface area contributed by atoms with E-state index in [1.54, 1.807) is 0 Å². The number of piperidine rings is 2. The van der Waals surface area contributed by atoms with Crippen molar-refractivity contribution in [3.8, 4) is 5.75 Å². The van der Waals surface area contributed by atoms with Crippen molar-refractivity contribution in [3.63, 3.8) is 0 Å². The lowest BCUT2D eigenvalue weighted by Gasteiger charge is -2.36. The summed E-state index contributed by atoms with van der Waals surface area (Å²) in [5, 5.41) is -0.198. The van der Waals surface area contributed by atoms with E-state index >= 15 is 0 Å². The number of sulfonamides is 1. The number of nitrogens with zero attached hydrogens (tertiary/aromatic N) is 2. The number of benzene rings is 1. The Morgan fingerprint density at radius 1 is 1.14 bits per heavy atom. The van der Waals surface area contributed by atoms with Crippen molar-refractivity contribution in [1.82, 2.24) is 9.21 Å². The van der Waals surface area contributed by atoms with Crippen molar-refractivity contribution in [1.29, 1.82) is 0 Å². The lowest BCUT2D eigenvalue weighted by molar-refractivity contribution is -0.138. The number of hydrogen-bond donors (Lipinski definition) is 0. The van der Waals surface area contributed by atoms with E-state index in [1.807, 2.05) is 4.90 Å². The van der Waals surface area contributed by atoms with Crippen LogP contribution in [0.1, 0.15) is 32.6 Å². The van der Waals surface area contributed by atoms with Crippen LogP contribution in [0.5, 0.6) is 5.75 Å². The van der Waals surface area contributed by atoms with Crippen LogP contribution in [0.25, 0.3) is 0 Å². The highest BCUT2D eigenvalue weighted by Crippen LogP contribution is 2.32. The second-order valence-electron chi connectivity index (χ2n) is 7.66. The van der Waals surface area contributed by atoms with E-state index in [9.17, 15) is 22.0 Å². The molecule has 1 aromatic carbocycles. The van der Waals surface area contributed by atoms with Gasteiger partial charge in [-0.15, -0.1) is 0 Å². The van der Waals surface area contributed by atoms with Crippen LogP contribution in [-0.4, -0.2) is 56.3 Å². The van der Waals surface area contributed by atoms with Crippen LogP contribution in [0.15, 0.2) is 23.1 Å². The molecule has 2 aliphatic heterocycles. The highest BCUT2D eigenvalue weighted by molar-refractivity contribution is 7.89. The lowest BCUT2D eigenvalue weighted by atomic mass is 9.93. The summed E-state index contributed by atoms with van der Waals surface area (Å²) in [4.78, 5) is 14.5. The Labute approximate surface area is 174 Å². The van der Waals surface area contributed by atoms with Gasteiger partial charge in [-0.1, -0.05) is 18.5 Å². The minimum Gasteiger partial charge on any atom is -0.433 e. The second kappa shape index (κ2) is 9.14. The molecular formula is C19H25ClF2N2O4S. The van der Waals surface area contributed by atoms with Gasteiger partial charge < -0.3 is 9.64 Å². The molecule has 0 atom stereocenters. The predicted molar refractivity (Wildman–Crippen MR) is 105 cm³/mol. The first-order valence-electron chi connectivity index (χ1n) is 9.71. The minimum atomic E-state index is -3.83. The first-order valence-corrected chi connectivity index (χ1v) is 11.5. The normalized spacial score (nSPS) is 20.2. The Bertz CT molecular complexity index is 837. The van der Waals surface area contributed by atoms with Crippen LogP contribution in [0.4, 0.5) is 8.78 Å². The molecule has 0 unspecified atom stereocenters. The molecule has 2 aliphatic rings. The standard InChI is InChI=1S/C19H25ClF2N2O4S/c1-13-4-8-23(9-5-13)18(25)14-6-10-24(11-7-14)29(26,27)15-2-3-17(16(20)12-15)28-19(21)22/h2-3,12-14,19H,4-11H2,1H3. The van der Waals surface area contributed by atoms with Crippen LogP contribution in [-0.2, 0) is 14.8 Å². The zero-order valence-electron chi connectivity index (χ0n) is 16.2. The fourth-order valence-corrected chi connectivity index (χ4v) is 5.60. The van der Waals surface area contributed by atoms with Crippen molar-refractivity contribution in [2.75, 3.05) is 26.2 Å². The first-order chi connectivity index (χ1) is 13.7. The lowest BCUT2D eigenvalue weighted by Crippen LogP contribution is -2.46. The first kappa shape index (κ1) is 22.2. The Morgan fingerprint density at radius 3 is 2.31 bits per heavy atom. The molecule has 29 heavy (non-hydrogen) atoms. The number of hydrogen-bond acceptors (Lipinski definition) is 4. The number of halogens is 3. The summed E-state index contributed by atoms with van der Waals surface area (Å²) in [5.41, 5.74) is 0. The maximum absolute atomic E-state index is 12.9. The third kappa shape index (κ3) is 5.19. The summed E-state index contributed by atoms with van der Waals surface area (Å²) in [6, 6.07) is 3.43. The molecule has 2 saturated heterocycles. The molecule has 2 heterocycles. The molecule has 0 spiro atoms. The number of carbonyl (C=O) groups is 1. The monoisotopic (exact) mass is 450 g/mol. The average Bonchev–Trinajstić information content (AvgIpc) is 2.69. The highest BCUT2D eigenvalue weighted by atomic mass is 35.5. The van der Waals surface area contributed by atoms with Gasteiger partial charge in [-0.05, 0) is 49.8 Å².